The second-order valence-corrected chi connectivity index (χ2v) is 6.47. The first-order chi connectivity index (χ1) is 11.6. The Hall–Kier alpha value is -2.36. The Kier molecular flexibility index (Phi) is 5.14. The molecule has 0 saturated carbocycles. The number of nitrogens with zero attached hydrogens (tertiary/aromatic N) is 2. The SMILES string of the molecule is CC(C)Oc1ccc([C@@H]2CCCCN2C(=O)c2ccccc2)cn1. The summed E-state index contributed by atoms with van der Waals surface area (Å²) in [7, 11) is 0. The summed E-state index contributed by atoms with van der Waals surface area (Å²) in [6.07, 6.45) is 5.11. The van der Waals surface area contributed by atoms with Gasteiger partial charge in [0.15, 0.2) is 0 Å². The molecule has 1 aliphatic heterocycles. The lowest BCUT2D eigenvalue weighted by Crippen LogP contribution is -2.38. The molecule has 2 heterocycles. The third kappa shape index (κ3) is 3.75. The van der Waals surface area contributed by atoms with Crippen molar-refractivity contribution in [3.05, 3.63) is 59.8 Å². The monoisotopic (exact) mass is 324 g/mol. The molecule has 126 valence electrons. The van der Waals surface area contributed by atoms with Gasteiger partial charge >= 0.3 is 0 Å². The number of likely N-dealkylation sites (tertiary alicyclic amines) is 1. The summed E-state index contributed by atoms with van der Waals surface area (Å²) < 4.78 is 5.61. The molecule has 0 radical (unpaired) electrons. The molecule has 4 nitrogen and oxygen atoms in total. The van der Waals surface area contributed by atoms with Gasteiger partial charge in [-0.1, -0.05) is 24.3 Å². The second kappa shape index (κ2) is 7.47. The van der Waals surface area contributed by atoms with Crippen molar-refractivity contribution in [3.8, 4) is 5.88 Å². The molecule has 1 saturated heterocycles. The average Bonchev–Trinajstić information content (AvgIpc) is 2.62. The van der Waals surface area contributed by atoms with Crippen molar-refractivity contribution in [2.24, 2.45) is 0 Å². The van der Waals surface area contributed by atoms with Gasteiger partial charge in [-0.15, -0.1) is 0 Å². The number of pyridine rings is 1. The number of hydrogen-bond acceptors (Lipinski definition) is 3. The zero-order chi connectivity index (χ0) is 16.9. The van der Waals surface area contributed by atoms with Gasteiger partial charge in [-0.3, -0.25) is 4.79 Å². The van der Waals surface area contributed by atoms with Crippen molar-refractivity contribution in [1.82, 2.24) is 9.88 Å². The molecule has 0 spiro atoms. The minimum absolute atomic E-state index is 0.0899. The van der Waals surface area contributed by atoms with Crippen LogP contribution < -0.4 is 4.74 Å². The van der Waals surface area contributed by atoms with E-state index in [1.807, 2.05) is 67.4 Å². The van der Waals surface area contributed by atoms with E-state index in [0.29, 0.717) is 5.88 Å². The predicted octanol–water partition coefficient (Wildman–Crippen LogP) is 4.24. The number of rotatable bonds is 4. The summed E-state index contributed by atoms with van der Waals surface area (Å²) in [6, 6.07) is 13.5. The minimum Gasteiger partial charge on any atom is -0.475 e. The lowest BCUT2D eigenvalue weighted by molar-refractivity contribution is 0.0611. The van der Waals surface area contributed by atoms with Crippen LogP contribution in [-0.4, -0.2) is 28.4 Å². The van der Waals surface area contributed by atoms with Gasteiger partial charge in [0.05, 0.1) is 12.1 Å². The van der Waals surface area contributed by atoms with Crippen LogP contribution in [0, 0.1) is 0 Å². The highest BCUT2D eigenvalue weighted by molar-refractivity contribution is 5.94. The third-order valence-electron chi connectivity index (χ3n) is 4.28. The Morgan fingerprint density at radius 3 is 2.62 bits per heavy atom. The maximum Gasteiger partial charge on any atom is 0.254 e. The standard InChI is InChI=1S/C20H24N2O2/c1-15(2)24-19-12-11-17(14-21-19)18-10-6-7-13-22(18)20(23)16-8-4-3-5-9-16/h3-5,8-9,11-12,14-15,18H,6-7,10,13H2,1-2H3/t18-/m0/s1. The first-order valence-corrected chi connectivity index (χ1v) is 8.64. The van der Waals surface area contributed by atoms with E-state index < -0.39 is 0 Å². The Labute approximate surface area is 143 Å². The van der Waals surface area contributed by atoms with E-state index in [1.54, 1.807) is 0 Å². The van der Waals surface area contributed by atoms with Gasteiger partial charge in [-0.2, -0.15) is 0 Å². The van der Waals surface area contributed by atoms with E-state index in [4.69, 9.17) is 4.74 Å². The fraction of sp³-hybridized carbons (Fsp3) is 0.400. The molecule has 1 fully saturated rings. The van der Waals surface area contributed by atoms with Gasteiger partial charge < -0.3 is 9.64 Å². The van der Waals surface area contributed by atoms with Crippen molar-refractivity contribution < 1.29 is 9.53 Å². The maximum absolute atomic E-state index is 12.9. The summed E-state index contributed by atoms with van der Waals surface area (Å²) >= 11 is 0. The van der Waals surface area contributed by atoms with E-state index in [1.165, 1.54) is 0 Å². The van der Waals surface area contributed by atoms with E-state index in [2.05, 4.69) is 4.98 Å². The number of hydrogen-bond donors (Lipinski definition) is 0. The maximum atomic E-state index is 12.9. The van der Waals surface area contributed by atoms with Crippen LogP contribution in [0.3, 0.4) is 0 Å². The molecule has 0 unspecified atom stereocenters. The van der Waals surface area contributed by atoms with Crippen LogP contribution in [0.2, 0.25) is 0 Å². The summed E-state index contributed by atoms with van der Waals surface area (Å²) in [5, 5.41) is 0. The molecule has 1 amide bonds. The van der Waals surface area contributed by atoms with Crippen molar-refractivity contribution in [1.29, 1.82) is 0 Å². The highest BCUT2D eigenvalue weighted by Crippen LogP contribution is 2.32. The van der Waals surface area contributed by atoms with Gasteiger partial charge in [-0.05, 0) is 50.8 Å². The Bertz CT molecular complexity index is 668. The molecule has 0 N–H and O–H groups in total. The highest BCUT2D eigenvalue weighted by Gasteiger charge is 2.28. The van der Waals surface area contributed by atoms with E-state index in [0.717, 1.165) is 36.9 Å². The number of aromatic nitrogens is 1. The molecule has 24 heavy (non-hydrogen) atoms. The number of amides is 1. The van der Waals surface area contributed by atoms with Crippen molar-refractivity contribution in [2.45, 2.75) is 45.3 Å². The molecule has 4 heteroatoms. The van der Waals surface area contributed by atoms with Crippen LogP contribution in [0.5, 0.6) is 5.88 Å². The molecule has 3 rings (SSSR count). The molecule has 0 aliphatic carbocycles. The van der Waals surface area contributed by atoms with Gasteiger partial charge in [0.1, 0.15) is 0 Å². The van der Waals surface area contributed by atoms with E-state index in [-0.39, 0.29) is 18.1 Å². The van der Waals surface area contributed by atoms with Gasteiger partial charge in [-0.25, -0.2) is 4.98 Å². The Morgan fingerprint density at radius 1 is 1.17 bits per heavy atom. The minimum atomic E-state index is 0.0899. The summed E-state index contributed by atoms with van der Waals surface area (Å²) in [4.78, 5) is 19.3. The summed E-state index contributed by atoms with van der Waals surface area (Å²) in [6.45, 7) is 4.76. The number of benzene rings is 1. The first-order valence-electron chi connectivity index (χ1n) is 8.64. The van der Waals surface area contributed by atoms with Gasteiger partial charge in [0, 0.05) is 24.4 Å². The highest BCUT2D eigenvalue weighted by atomic mass is 16.5. The van der Waals surface area contributed by atoms with Gasteiger partial charge in [0.25, 0.3) is 5.91 Å². The van der Waals surface area contributed by atoms with E-state index >= 15 is 0 Å². The van der Waals surface area contributed by atoms with Crippen LogP contribution >= 0.6 is 0 Å². The fourth-order valence-electron chi connectivity index (χ4n) is 3.17. The molecule has 1 aromatic carbocycles. The number of carbonyl (C=O) groups is 1. The predicted molar refractivity (Wildman–Crippen MR) is 94.1 cm³/mol. The first kappa shape index (κ1) is 16.5. The third-order valence-corrected chi connectivity index (χ3v) is 4.28. The lowest BCUT2D eigenvalue weighted by Gasteiger charge is -2.36. The topological polar surface area (TPSA) is 42.4 Å². The smallest absolute Gasteiger partial charge is 0.254 e. The lowest BCUT2D eigenvalue weighted by atomic mass is 9.95. The quantitative estimate of drug-likeness (QED) is 0.845. The average molecular weight is 324 g/mol. The molecular formula is C20H24N2O2. The van der Waals surface area contributed by atoms with Crippen molar-refractivity contribution in [3.63, 3.8) is 0 Å². The van der Waals surface area contributed by atoms with Gasteiger partial charge in [0.2, 0.25) is 5.88 Å². The van der Waals surface area contributed by atoms with Crippen LogP contribution in [0.15, 0.2) is 48.7 Å². The van der Waals surface area contributed by atoms with Crippen LogP contribution in [0.1, 0.15) is 55.1 Å². The molecule has 0 bridgehead atoms. The van der Waals surface area contributed by atoms with Crippen LogP contribution in [0.25, 0.3) is 0 Å². The number of ether oxygens (including phenoxy) is 1. The zero-order valence-corrected chi connectivity index (χ0v) is 14.3. The number of piperidine rings is 1. The van der Waals surface area contributed by atoms with E-state index in [9.17, 15) is 4.79 Å². The van der Waals surface area contributed by atoms with Crippen LogP contribution in [0.4, 0.5) is 0 Å². The Balaban J connectivity index is 1.80. The summed E-state index contributed by atoms with van der Waals surface area (Å²) in [5.41, 5.74) is 1.83. The van der Waals surface area contributed by atoms with Crippen LogP contribution in [-0.2, 0) is 0 Å². The van der Waals surface area contributed by atoms with Crippen molar-refractivity contribution in [2.75, 3.05) is 6.54 Å². The molecular weight excluding hydrogens is 300 g/mol. The second-order valence-electron chi connectivity index (χ2n) is 6.47. The molecule has 2 aromatic rings. The fourth-order valence-corrected chi connectivity index (χ4v) is 3.17. The largest absolute Gasteiger partial charge is 0.475 e. The summed E-state index contributed by atoms with van der Waals surface area (Å²) in [5.74, 6) is 0.730. The number of carbonyl (C=O) groups excluding carboxylic acids is 1. The Morgan fingerprint density at radius 2 is 1.96 bits per heavy atom. The zero-order valence-electron chi connectivity index (χ0n) is 14.3. The molecule has 1 atom stereocenters. The molecule has 1 aliphatic rings. The normalized spacial score (nSPS) is 17.8. The molecule has 1 aromatic heterocycles. The van der Waals surface area contributed by atoms with Crippen molar-refractivity contribution >= 4 is 5.91 Å².